The monoisotopic (exact) mass is 280 g/mol. The minimum atomic E-state index is 0.146. The molecule has 0 aromatic rings. The average molecular weight is 280 g/mol. The number of amides is 2. The molecule has 1 rings (SSSR count). The van der Waals surface area contributed by atoms with Crippen molar-refractivity contribution < 1.29 is 9.59 Å². The molecule has 0 spiro atoms. The van der Waals surface area contributed by atoms with Crippen LogP contribution in [0.4, 0.5) is 0 Å². The minimum absolute atomic E-state index is 0.146. The first-order chi connectivity index (χ1) is 9.58. The summed E-state index contributed by atoms with van der Waals surface area (Å²) in [7, 11) is 0. The predicted molar refractivity (Wildman–Crippen MR) is 81.3 cm³/mol. The first-order valence-electron chi connectivity index (χ1n) is 7.79. The number of nitrogens with zero attached hydrogens (tertiary/aromatic N) is 2. The van der Waals surface area contributed by atoms with Gasteiger partial charge in [0.05, 0.1) is 0 Å². The van der Waals surface area contributed by atoms with Crippen LogP contribution >= 0.6 is 0 Å². The van der Waals surface area contributed by atoms with Gasteiger partial charge in [-0.3, -0.25) is 9.59 Å². The van der Waals surface area contributed by atoms with E-state index in [-0.39, 0.29) is 11.8 Å². The molecule has 0 aromatic carbocycles. The molecule has 0 bridgehead atoms. The standard InChI is InChI=1S/C16H28N2O2/c1-4-11-17(5-2)15(19)8-6-7-9-16(20)18-12-10-14(3)13-18/h6-7,14H,4-5,8-13H2,1-3H3/b7-6+. The molecular formula is C16H28N2O2. The van der Waals surface area contributed by atoms with Gasteiger partial charge >= 0.3 is 0 Å². The number of likely N-dealkylation sites (tertiary alicyclic amines) is 1. The van der Waals surface area contributed by atoms with Crippen LogP contribution in [0, 0.1) is 5.92 Å². The summed E-state index contributed by atoms with van der Waals surface area (Å²) in [4.78, 5) is 27.6. The maximum Gasteiger partial charge on any atom is 0.226 e. The lowest BCUT2D eigenvalue weighted by atomic mass is 10.2. The van der Waals surface area contributed by atoms with E-state index in [1.807, 2.05) is 28.9 Å². The third kappa shape index (κ3) is 5.35. The smallest absolute Gasteiger partial charge is 0.226 e. The van der Waals surface area contributed by atoms with Gasteiger partial charge in [-0.2, -0.15) is 0 Å². The van der Waals surface area contributed by atoms with E-state index in [2.05, 4.69) is 13.8 Å². The Kier molecular flexibility index (Phi) is 7.34. The number of hydrogen-bond donors (Lipinski definition) is 0. The molecule has 0 aromatic heterocycles. The summed E-state index contributed by atoms with van der Waals surface area (Å²) in [5.41, 5.74) is 0. The van der Waals surface area contributed by atoms with Crippen molar-refractivity contribution in [3.05, 3.63) is 12.2 Å². The van der Waals surface area contributed by atoms with Gasteiger partial charge in [-0.1, -0.05) is 26.0 Å². The van der Waals surface area contributed by atoms with Crippen molar-refractivity contribution in [1.82, 2.24) is 9.80 Å². The summed E-state index contributed by atoms with van der Waals surface area (Å²) in [5, 5.41) is 0. The van der Waals surface area contributed by atoms with Gasteiger partial charge in [-0.05, 0) is 25.7 Å². The summed E-state index contributed by atoms with van der Waals surface area (Å²) in [6.07, 6.45) is 6.57. The van der Waals surface area contributed by atoms with Crippen LogP contribution in [0.2, 0.25) is 0 Å². The highest BCUT2D eigenvalue weighted by Gasteiger charge is 2.21. The lowest BCUT2D eigenvalue weighted by molar-refractivity contribution is -0.130. The molecule has 4 heteroatoms. The van der Waals surface area contributed by atoms with Crippen LogP contribution in [-0.4, -0.2) is 47.8 Å². The van der Waals surface area contributed by atoms with Gasteiger partial charge in [-0.15, -0.1) is 0 Å². The van der Waals surface area contributed by atoms with Crippen LogP contribution in [0.25, 0.3) is 0 Å². The van der Waals surface area contributed by atoms with Gasteiger partial charge in [-0.25, -0.2) is 0 Å². The highest BCUT2D eigenvalue weighted by atomic mass is 16.2. The number of carbonyl (C=O) groups excluding carboxylic acids is 2. The summed E-state index contributed by atoms with van der Waals surface area (Å²) < 4.78 is 0. The van der Waals surface area contributed by atoms with Crippen molar-refractivity contribution in [3.63, 3.8) is 0 Å². The van der Waals surface area contributed by atoms with E-state index in [0.29, 0.717) is 18.8 Å². The molecule has 1 saturated heterocycles. The Morgan fingerprint density at radius 3 is 2.50 bits per heavy atom. The molecule has 20 heavy (non-hydrogen) atoms. The van der Waals surface area contributed by atoms with Crippen molar-refractivity contribution in [2.45, 2.75) is 46.5 Å². The Hall–Kier alpha value is -1.32. The Labute approximate surface area is 122 Å². The van der Waals surface area contributed by atoms with E-state index in [1.165, 1.54) is 0 Å². The second-order valence-electron chi connectivity index (χ2n) is 5.59. The van der Waals surface area contributed by atoms with Crippen LogP contribution in [0.15, 0.2) is 12.2 Å². The van der Waals surface area contributed by atoms with Gasteiger partial charge in [0, 0.05) is 39.0 Å². The summed E-state index contributed by atoms with van der Waals surface area (Å²) in [6, 6.07) is 0. The topological polar surface area (TPSA) is 40.6 Å². The zero-order chi connectivity index (χ0) is 15.0. The molecule has 4 nitrogen and oxygen atoms in total. The minimum Gasteiger partial charge on any atom is -0.343 e. The fourth-order valence-electron chi connectivity index (χ4n) is 2.52. The molecule has 0 saturated carbocycles. The van der Waals surface area contributed by atoms with E-state index >= 15 is 0 Å². The van der Waals surface area contributed by atoms with Gasteiger partial charge in [0.15, 0.2) is 0 Å². The Balaban J connectivity index is 2.27. The van der Waals surface area contributed by atoms with Crippen molar-refractivity contribution in [3.8, 4) is 0 Å². The Morgan fingerprint density at radius 2 is 1.95 bits per heavy atom. The molecule has 114 valence electrons. The normalized spacial score (nSPS) is 18.8. The molecule has 0 aliphatic carbocycles. The molecular weight excluding hydrogens is 252 g/mol. The van der Waals surface area contributed by atoms with E-state index in [0.717, 1.165) is 39.0 Å². The van der Waals surface area contributed by atoms with Crippen molar-refractivity contribution in [2.24, 2.45) is 5.92 Å². The molecule has 0 N–H and O–H groups in total. The molecule has 1 aliphatic heterocycles. The quantitative estimate of drug-likeness (QED) is 0.672. The zero-order valence-corrected chi connectivity index (χ0v) is 13.1. The van der Waals surface area contributed by atoms with Gasteiger partial charge in [0.25, 0.3) is 0 Å². The molecule has 0 radical (unpaired) electrons. The third-order valence-corrected chi connectivity index (χ3v) is 3.76. The summed E-state index contributed by atoms with van der Waals surface area (Å²) >= 11 is 0. The predicted octanol–water partition coefficient (Wildman–Crippen LogP) is 2.45. The van der Waals surface area contributed by atoms with Crippen LogP contribution in [0.1, 0.15) is 46.5 Å². The largest absolute Gasteiger partial charge is 0.343 e. The first kappa shape index (κ1) is 16.7. The van der Waals surface area contributed by atoms with Crippen LogP contribution < -0.4 is 0 Å². The molecule has 1 atom stereocenters. The highest BCUT2D eigenvalue weighted by Crippen LogP contribution is 2.15. The number of carbonyl (C=O) groups is 2. The van der Waals surface area contributed by atoms with E-state index in [1.54, 1.807) is 0 Å². The second-order valence-corrected chi connectivity index (χ2v) is 5.59. The van der Waals surface area contributed by atoms with Gasteiger partial charge in [0.1, 0.15) is 0 Å². The Bertz CT molecular complexity index is 332. The molecule has 1 aliphatic rings. The first-order valence-corrected chi connectivity index (χ1v) is 7.79. The lowest BCUT2D eigenvalue weighted by Crippen LogP contribution is -2.30. The second kappa shape index (κ2) is 8.77. The summed E-state index contributed by atoms with van der Waals surface area (Å²) in [5.74, 6) is 0.948. The average Bonchev–Trinajstić information content (AvgIpc) is 2.87. The van der Waals surface area contributed by atoms with Crippen molar-refractivity contribution in [1.29, 1.82) is 0 Å². The lowest BCUT2D eigenvalue weighted by Gasteiger charge is -2.19. The molecule has 2 amide bonds. The number of rotatable bonds is 7. The summed E-state index contributed by atoms with van der Waals surface area (Å²) in [6.45, 7) is 9.57. The fourth-order valence-corrected chi connectivity index (χ4v) is 2.52. The molecule has 1 unspecified atom stereocenters. The van der Waals surface area contributed by atoms with Crippen LogP contribution in [0.5, 0.6) is 0 Å². The third-order valence-electron chi connectivity index (χ3n) is 3.76. The fraction of sp³-hybridized carbons (Fsp3) is 0.750. The van der Waals surface area contributed by atoms with E-state index in [4.69, 9.17) is 0 Å². The van der Waals surface area contributed by atoms with Crippen LogP contribution in [-0.2, 0) is 9.59 Å². The van der Waals surface area contributed by atoms with Gasteiger partial charge in [0.2, 0.25) is 11.8 Å². The van der Waals surface area contributed by atoms with Crippen molar-refractivity contribution in [2.75, 3.05) is 26.2 Å². The van der Waals surface area contributed by atoms with E-state index in [9.17, 15) is 9.59 Å². The molecule has 1 heterocycles. The Morgan fingerprint density at radius 1 is 1.25 bits per heavy atom. The maximum atomic E-state index is 11.9. The van der Waals surface area contributed by atoms with Crippen molar-refractivity contribution >= 4 is 11.8 Å². The maximum absolute atomic E-state index is 11.9. The SMILES string of the molecule is CCCN(CC)C(=O)C/C=C/CC(=O)N1CCC(C)C1. The van der Waals surface area contributed by atoms with Crippen LogP contribution in [0.3, 0.4) is 0 Å². The number of hydrogen-bond acceptors (Lipinski definition) is 2. The zero-order valence-electron chi connectivity index (χ0n) is 13.1. The van der Waals surface area contributed by atoms with E-state index < -0.39 is 0 Å². The highest BCUT2D eigenvalue weighted by molar-refractivity contribution is 5.79. The van der Waals surface area contributed by atoms with Gasteiger partial charge < -0.3 is 9.80 Å². The molecule has 1 fully saturated rings.